The van der Waals surface area contributed by atoms with E-state index in [1.807, 2.05) is 54.1 Å². The normalized spacial score (nSPS) is 15.3. The molecule has 115 heavy (non-hydrogen) atoms. The van der Waals surface area contributed by atoms with Crippen molar-refractivity contribution in [2.24, 2.45) is 0 Å². The van der Waals surface area contributed by atoms with E-state index >= 15 is 8.78 Å². The van der Waals surface area contributed by atoms with E-state index in [1.165, 1.54) is 72.4 Å². The maximum atomic E-state index is 15.2. The van der Waals surface area contributed by atoms with Crippen LogP contribution in [0.5, 0.6) is 0 Å². The number of hydrogen-bond acceptors (Lipinski definition) is 19. The number of piperidine rings is 3. The minimum Gasteiger partial charge on any atom is -0.383 e. The second-order valence-corrected chi connectivity index (χ2v) is 27.9. The van der Waals surface area contributed by atoms with Gasteiger partial charge in [-0.25, -0.2) is 57.1 Å². The number of nitriles is 1. The quantitative estimate of drug-likeness (QED) is 0.0498. The highest BCUT2D eigenvalue weighted by molar-refractivity contribution is 6.01. The summed E-state index contributed by atoms with van der Waals surface area (Å²) in [5.74, 6) is -2.23. The first kappa shape index (κ1) is 78.8. The Kier molecular flexibility index (Phi) is 23.9. The van der Waals surface area contributed by atoms with Gasteiger partial charge in [-0.05, 0) is 123 Å². The number of rotatable bonds is 18. The van der Waals surface area contributed by atoms with Crippen LogP contribution in [0.1, 0.15) is 116 Å². The third-order valence-electron chi connectivity index (χ3n) is 20.5. The number of nitrogens with one attached hydrogen (secondary N) is 2. The molecule has 12 aromatic rings. The Morgan fingerprint density at radius 1 is 0.513 bits per heavy atom. The van der Waals surface area contributed by atoms with Crippen LogP contribution in [-0.4, -0.2) is 161 Å². The molecule has 15 rings (SSSR count). The first-order valence-corrected chi connectivity index (χ1v) is 37.1. The molecule has 0 bridgehead atoms. The van der Waals surface area contributed by atoms with Gasteiger partial charge in [-0.15, -0.1) is 0 Å². The molecule has 3 aliphatic heterocycles. The lowest BCUT2D eigenvalue weighted by atomic mass is 10.1. The number of nitrogen functional groups attached to an aromatic ring is 3. The lowest BCUT2D eigenvalue weighted by Crippen LogP contribution is -2.40. The zero-order valence-corrected chi connectivity index (χ0v) is 63.0. The number of nitrogens with two attached hydrogens (primary N) is 3. The summed E-state index contributed by atoms with van der Waals surface area (Å²) in [6, 6.07) is 38.1. The maximum absolute atomic E-state index is 15.2. The number of amides is 6. The zero-order chi connectivity index (χ0) is 81.1. The van der Waals surface area contributed by atoms with E-state index < -0.39 is 29.3 Å². The Morgan fingerprint density at radius 3 is 1.36 bits per heavy atom. The molecule has 0 aliphatic carbocycles. The number of halogens is 3. The predicted molar refractivity (Wildman–Crippen MR) is 427 cm³/mol. The Bertz CT molecular complexity index is 5820. The number of aromatic nitrogens is 12. The van der Waals surface area contributed by atoms with Gasteiger partial charge in [-0.1, -0.05) is 105 Å². The summed E-state index contributed by atoms with van der Waals surface area (Å²) in [5.41, 5.74) is 27.3. The van der Waals surface area contributed by atoms with Crippen molar-refractivity contribution in [1.29, 1.82) is 5.26 Å². The van der Waals surface area contributed by atoms with E-state index in [0.717, 1.165) is 55.2 Å². The van der Waals surface area contributed by atoms with Crippen LogP contribution in [0.2, 0.25) is 0 Å². The summed E-state index contributed by atoms with van der Waals surface area (Å²) in [6.07, 6.45) is 12.9. The van der Waals surface area contributed by atoms with E-state index in [2.05, 4.69) is 60.3 Å². The average molecular weight is 1550 g/mol. The Morgan fingerprint density at radius 2 is 0.930 bits per heavy atom. The molecule has 584 valence electrons. The second kappa shape index (κ2) is 34.9. The molecule has 0 spiro atoms. The van der Waals surface area contributed by atoms with E-state index in [9.17, 15) is 33.2 Å². The van der Waals surface area contributed by atoms with Gasteiger partial charge in [0.15, 0.2) is 16.9 Å². The standard InChI is InChI=1S/C28H25FN8O2.2C28H28FN7O2/c1-2-23(38)36-10-4-7-21(15-36)37-27-24(26(31)33-16-34-27)25(35-37)18-8-9-20(22(29)12-18)14-32-28(39)19-6-3-5-17(11-19)13-30;1-3-23(37)35-14-6-7-20(16-35)36-27-24(26(30)31-17-32-27)25(33-36)19-12-10-18(11-13-19)15-34(2)28(38)21-8-4-5-9-22(21)29;1-3-23(37)35-12-6-8-20(15-35)36-27-24(26(30)32-16-33-27)25(34-36)18-10-11-19(22(29)13-18)14-31-28(38)21-9-5-4-7-17(21)2/h2-3,5-6,8-9,11-12,16,21H,1,4,7,10,14-15H2,(H,32,39)(H2,31,33,34);3-5,8-13,17,20H,1,6-7,14-16H2,2H3,(H2,30,31,32);3-5,7,9-11,13,16,20H,1,6,8,12,14-15H2,2H3,(H,31,38)(H2,30,32,33). The van der Waals surface area contributed by atoms with Crippen molar-refractivity contribution in [2.75, 3.05) is 63.5 Å². The van der Waals surface area contributed by atoms with Crippen molar-refractivity contribution in [3.8, 4) is 39.8 Å². The third-order valence-corrected chi connectivity index (χ3v) is 20.5. The zero-order valence-electron chi connectivity index (χ0n) is 63.0. The second-order valence-electron chi connectivity index (χ2n) is 27.9. The van der Waals surface area contributed by atoms with Crippen molar-refractivity contribution in [3.63, 3.8) is 0 Å². The van der Waals surface area contributed by atoms with Crippen LogP contribution in [0.25, 0.3) is 66.9 Å². The summed E-state index contributed by atoms with van der Waals surface area (Å²) in [5, 5.41) is 30.6. The van der Waals surface area contributed by atoms with Crippen LogP contribution in [0.3, 0.4) is 0 Å². The number of benzene rings is 6. The highest BCUT2D eigenvalue weighted by Crippen LogP contribution is 2.39. The van der Waals surface area contributed by atoms with Gasteiger partial charge in [0.2, 0.25) is 17.7 Å². The molecular formula is C84H81F3N22O6. The molecular weight excluding hydrogens is 1470 g/mol. The van der Waals surface area contributed by atoms with E-state index in [1.54, 1.807) is 97.8 Å². The largest absolute Gasteiger partial charge is 0.383 e. The van der Waals surface area contributed by atoms with Gasteiger partial charge in [-0.2, -0.15) is 20.6 Å². The molecule has 3 fully saturated rings. The number of nitrogens with zero attached hydrogens (tertiary/aromatic N) is 17. The van der Waals surface area contributed by atoms with Crippen molar-refractivity contribution in [3.05, 3.63) is 252 Å². The number of fused-ring (bicyclic) bond motifs is 3. The van der Waals surface area contributed by atoms with Crippen LogP contribution in [-0.2, 0) is 34.0 Å². The molecule has 9 heterocycles. The first-order chi connectivity index (χ1) is 55.6. The lowest BCUT2D eigenvalue weighted by Gasteiger charge is -2.32. The summed E-state index contributed by atoms with van der Waals surface area (Å²) < 4.78 is 49.8. The van der Waals surface area contributed by atoms with Gasteiger partial charge < -0.3 is 47.4 Å². The van der Waals surface area contributed by atoms with Crippen molar-refractivity contribution >= 4 is 86.0 Å². The fourth-order valence-electron chi connectivity index (χ4n) is 14.5. The van der Waals surface area contributed by atoms with Gasteiger partial charge in [0, 0.05) is 105 Å². The Labute approximate surface area is 658 Å². The number of hydrogen-bond donors (Lipinski definition) is 5. The van der Waals surface area contributed by atoms with Gasteiger partial charge >= 0.3 is 0 Å². The highest BCUT2D eigenvalue weighted by Gasteiger charge is 2.33. The number of carbonyl (C=O) groups is 6. The molecule has 0 radical (unpaired) electrons. The fraction of sp³-hybridized carbons (Fsp3) is 0.238. The molecule has 6 aromatic carbocycles. The SMILES string of the molecule is C=CC(=O)N1CCCC(n2nc(-c3ccc(CN(C)C(=O)c4ccccc4F)cc3)c3c(N)ncnc32)C1.C=CC(=O)N1CCCC(n2nc(-c3ccc(CNC(=O)c4cccc(C#N)c4)c(F)c3)c3c(N)ncnc32)C1.C=CC(=O)N1CCCC(n2nc(-c3ccc(CNC(=O)c4ccccc4C)c(F)c3)c3c(N)ncnc32)C1. The van der Waals surface area contributed by atoms with E-state index in [-0.39, 0.29) is 77.6 Å². The minimum atomic E-state index is -0.545. The fourth-order valence-corrected chi connectivity index (χ4v) is 14.5. The van der Waals surface area contributed by atoms with Crippen LogP contribution in [0, 0.1) is 35.7 Å². The van der Waals surface area contributed by atoms with Crippen molar-refractivity contribution in [1.82, 2.24) is 89.5 Å². The van der Waals surface area contributed by atoms with Gasteiger partial charge in [0.25, 0.3) is 17.7 Å². The molecule has 0 saturated carbocycles. The molecule has 6 amide bonds. The molecule has 3 aliphatic rings. The molecule has 3 saturated heterocycles. The molecule has 28 nitrogen and oxygen atoms in total. The minimum absolute atomic E-state index is 0.0367. The number of anilines is 3. The molecule has 6 aromatic heterocycles. The van der Waals surface area contributed by atoms with Crippen LogP contribution in [0.4, 0.5) is 30.6 Å². The Hall–Kier alpha value is -14.3. The van der Waals surface area contributed by atoms with Crippen LogP contribution >= 0.6 is 0 Å². The number of carbonyl (C=O) groups excluding carboxylic acids is 6. The molecule has 31 heteroatoms. The van der Waals surface area contributed by atoms with Crippen LogP contribution < -0.4 is 27.8 Å². The van der Waals surface area contributed by atoms with Crippen molar-refractivity contribution in [2.45, 2.75) is 83.2 Å². The third kappa shape index (κ3) is 17.1. The highest BCUT2D eigenvalue weighted by atomic mass is 19.1. The van der Waals surface area contributed by atoms with Crippen molar-refractivity contribution < 1.29 is 41.9 Å². The van der Waals surface area contributed by atoms with E-state index in [4.69, 9.17) is 37.8 Å². The molecule has 3 unspecified atom stereocenters. The van der Waals surface area contributed by atoms with Gasteiger partial charge in [0.1, 0.15) is 71.0 Å². The summed E-state index contributed by atoms with van der Waals surface area (Å²) in [7, 11) is 1.64. The summed E-state index contributed by atoms with van der Waals surface area (Å²) >= 11 is 0. The smallest absolute Gasteiger partial charge is 0.256 e. The van der Waals surface area contributed by atoms with E-state index in [0.29, 0.717) is 135 Å². The van der Waals surface area contributed by atoms with Gasteiger partial charge in [0.05, 0.1) is 51.5 Å². The lowest BCUT2D eigenvalue weighted by molar-refractivity contribution is -0.128. The maximum Gasteiger partial charge on any atom is 0.256 e. The summed E-state index contributed by atoms with van der Waals surface area (Å²) in [4.78, 5) is 107. The first-order valence-electron chi connectivity index (χ1n) is 37.1. The monoisotopic (exact) mass is 1550 g/mol. The predicted octanol–water partition coefficient (Wildman–Crippen LogP) is 11.0. The number of aryl methyl sites for hydroxylation is 1. The molecule has 8 N–H and O–H groups in total. The number of likely N-dealkylation sites (tertiary alicyclic amines) is 3. The Balaban J connectivity index is 0.000000150. The topological polar surface area (TPSA) is 372 Å². The van der Waals surface area contributed by atoms with Gasteiger partial charge in [-0.3, -0.25) is 28.8 Å². The van der Waals surface area contributed by atoms with Crippen LogP contribution in [0.15, 0.2) is 190 Å². The average Bonchev–Trinajstić information content (AvgIpc) is 1.62. The summed E-state index contributed by atoms with van der Waals surface area (Å²) in [6.45, 7) is 16.3. The molecule has 3 atom stereocenters.